The van der Waals surface area contributed by atoms with E-state index in [4.69, 9.17) is 4.74 Å². The number of nitrogens with one attached hydrogen (secondary N) is 1. The highest BCUT2D eigenvalue weighted by Gasteiger charge is 2.35. The lowest BCUT2D eigenvalue weighted by molar-refractivity contribution is -0.138. The number of esters is 1. The molecule has 3 rings (SSSR count). The average Bonchev–Trinajstić information content (AvgIpc) is 2.68. The molecular formula is C22H21N3O2. The van der Waals surface area contributed by atoms with E-state index in [1.807, 2.05) is 50.2 Å². The van der Waals surface area contributed by atoms with E-state index in [0.29, 0.717) is 16.8 Å². The Balaban J connectivity index is 2.24. The van der Waals surface area contributed by atoms with Gasteiger partial charge in [-0.2, -0.15) is 5.26 Å². The Bertz CT molecular complexity index is 969. The van der Waals surface area contributed by atoms with Crippen LogP contribution in [0.1, 0.15) is 32.3 Å². The topological polar surface area (TPSA) is 75.0 Å². The molecule has 0 unspecified atom stereocenters. The molecule has 2 aromatic rings. The SMILES string of the molecule is CCOC(=O)C1=C(C)NC(C)=C(C#N)[C@@H]1c1cnccc1-c1ccccc1. The van der Waals surface area contributed by atoms with Gasteiger partial charge >= 0.3 is 5.97 Å². The summed E-state index contributed by atoms with van der Waals surface area (Å²) < 4.78 is 5.29. The zero-order chi connectivity index (χ0) is 19.4. The molecule has 0 saturated carbocycles. The van der Waals surface area contributed by atoms with Crippen molar-refractivity contribution < 1.29 is 9.53 Å². The number of rotatable bonds is 4. The molecule has 136 valence electrons. The highest BCUT2D eigenvalue weighted by atomic mass is 16.5. The average molecular weight is 359 g/mol. The molecule has 0 fully saturated rings. The van der Waals surface area contributed by atoms with E-state index >= 15 is 0 Å². The number of carbonyl (C=O) groups excluding carboxylic acids is 1. The molecule has 0 spiro atoms. The smallest absolute Gasteiger partial charge is 0.336 e. The molecule has 0 bridgehead atoms. The molecule has 27 heavy (non-hydrogen) atoms. The van der Waals surface area contributed by atoms with Crippen LogP contribution in [0.5, 0.6) is 0 Å². The lowest BCUT2D eigenvalue weighted by atomic mass is 9.79. The number of pyridine rings is 1. The Kier molecular flexibility index (Phi) is 5.37. The first-order chi connectivity index (χ1) is 13.1. The summed E-state index contributed by atoms with van der Waals surface area (Å²) in [5.41, 5.74) is 5.12. The summed E-state index contributed by atoms with van der Waals surface area (Å²) >= 11 is 0. The lowest BCUT2D eigenvalue weighted by Gasteiger charge is -2.29. The largest absolute Gasteiger partial charge is 0.463 e. The third kappa shape index (κ3) is 3.47. The van der Waals surface area contributed by atoms with Crippen LogP contribution in [0.3, 0.4) is 0 Å². The van der Waals surface area contributed by atoms with Crippen LogP contribution >= 0.6 is 0 Å². The van der Waals surface area contributed by atoms with Gasteiger partial charge in [0.05, 0.1) is 29.7 Å². The quantitative estimate of drug-likeness (QED) is 0.833. The van der Waals surface area contributed by atoms with Crippen molar-refractivity contribution in [3.05, 3.63) is 76.9 Å². The highest BCUT2D eigenvalue weighted by Crippen LogP contribution is 2.41. The number of hydrogen-bond donors (Lipinski definition) is 1. The van der Waals surface area contributed by atoms with Crippen molar-refractivity contribution in [1.82, 2.24) is 10.3 Å². The fourth-order valence-electron chi connectivity index (χ4n) is 3.45. The third-order valence-electron chi connectivity index (χ3n) is 4.62. The second-order valence-electron chi connectivity index (χ2n) is 6.30. The van der Waals surface area contributed by atoms with Gasteiger partial charge in [-0.25, -0.2) is 4.79 Å². The molecule has 0 aliphatic carbocycles. The standard InChI is InChI=1S/C22H21N3O2/c1-4-27-22(26)20-15(3)25-14(2)18(12-23)21(20)19-13-24-11-10-17(19)16-8-6-5-7-9-16/h5-11,13,21,25H,4H2,1-3H3/t21-/m1/s1. The second kappa shape index (κ2) is 7.88. The van der Waals surface area contributed by atoms with E-state index in [-0.39, 0.29) is 6.61 Å². The molecular weight excluding hydrogens is 338 g/mol. The third-order valence-corrected chi connectivity index (χ3v) is 4.62. The number of benzene rings is 1. The Labute approximate surface area is 159 Å². The molecule has 5 nitrogen and oxygen atoms in total. The lowest BCUT2D eigenvalue weighted by Crippen LogP contribution is -2.29. The number of allylic oxidation sites excluding steroid dienone is 3. The maximum Gasteiger partial charge on any atom is 0.336 e. The van der Waals surface area contributed by atoms with Crippen LogP contribution in [0.15, 0.2) is 71.3 Å². The molecule has 5 heteroatoms. The number of ether oxygens (including phenoxy) is 1. The molecule has 1 atom stereocenters. The van der Waals surface area contributed by atoms with Crippen LogP contribution in [0.25, 0.3) is 11.1 Å². The minimum absolute atomic E-state index is 0.269. The maximum atomic E-state index is 12.7. The van der Waals surface area contributed by atoms with Crippen molar-refractivity contribution >= 4 is 5.97 Å². The van der Waals surface area contributed by atoms with Gasteiger partial charge in [0.25, 0.3) is 0 Å². The van der Waals surface area contributed by atoms with E-state index in [1.54, 1.807) is 19.3 Å². The van der Waals surface area contributed by atoms with E-state index in [1.165, 1.54) is 0 Å². The van der Waals surface area contributed by atoms with Gasteiger partial charge in [-0.15, -0.1) is 0 Å². The van der Waals surface area contributed by atoms with Gasteiger partial charge in [0.15, 0.2) is 0 Å². The van der Waals surface area contributed by atoms with Gasteiger partial charge in [0.1, 0.15) is 0 Å². The predicted molar refractivity (Wildman–Crippen MR) is 103 cm³/mol. The molecule has 1 aliphatic heterocycles. The van der Waals surface area contributed by atoms with Gasteiger partial charge in [-0.3, -0.25) is 4.98 Å². The molecule has 1 aromatic carbocycles. The second-order valence-corrected chi connectivity index (χ2v) is 6.30. The highest BCUT2D eigenvalue weighted by molar-refractivity contribution is 5.93. The number of hydrogen-bond acceptors (Lipinski definition) is 5. The summed E-state index contributed by atoms with van der Waals surface area (Å²) in [7, 11) is 0. The summed E-state index contributed by atoms with van der Waals surface area (Å²) in [6.45, 7) is 5.71. The van der Waals surface area contributed by atoms with E-state index in [9.17, 15) is 10.1 Å². The Morgan fingerprint density at radius 3 is 2.63 bits per heavy atom. The predicted octanol–water partition coefficient (Wildman–Crippen LogP) is 4.07. The Morgan fingerprint density at radius 1 is 1.22 bits per heavy atom. The van der Waals surface area contributed by atoms with Crippen LogP contribution in [-0.2, 0) is 9.53 Å². The van der Waals surface area contributed by atoms with E-state index < -0.39 is 11.9 Å². The summed E-state index contributed by atoms with van der Waals surface area (Å²) in [4.78, 5) is 17.0. The van der Waals surface area contributed by atoms with E-state index in [0.717, 1.165) is 22.4 Å². The van der Waals surface area contributed by atoms with Crippen molar-refractivity contribution in [2.45, 2.75) is 26.7 Å². The minimum atomic E-state index is -0.529. The van der Waals surface area contributed by atoms with Gasteiger partial charge in [-0.1, -0.05) is 30.3 Å². The number of dihydropyridines is 1. The number of carbonyl (C=O) groups is 1. The van der Waals surface area contributed by atoms with Gasteiger partial charge in [-0.05, 0) is 43.5 Å². The van der Waals surface area contributed by atoms with Crippen molar-refractivity contribution in [2.24, 2.45) is 0 Å². The van der Waals surface area contributed by atoms with Crippen molar-refractivity contribution in [2.75, 3.05) is 6.61 Å². The zero-order valence-corrected chi connectivity index (χ0v) is 15.6. The normalized spacial score (nSPS) is 16.6. The fourth-order valence-corrected chi connectivity index (χ4v) is 3.45. The molecule has 1 N–H and O–H groups in total. The van der Waals surface area contributed by atoms with Crippen LogP contribution in [0.2, 0.25) is 0 Å². The minimum Gasteiger partial charge on any atom is -0.463 e. The van der Waals surface area contributed by atoms with Crippen LogP contribution in [0.4, 0.5) is 0 Å². The van der Waals surface area contributed by atoms with Crippen molar-refractivity contribution in [1.29, 1.82) is 5.26 Å². The maximum absolute atomic E-state index is 12.7. The summed E-state index contributed by atoms with van der Waals surface area (Å²) in [6, 6.07) is 14.1. The summed E-state index contributed by atoms with van der Waals surface area (Å²) in [6.07, 6.45) is 3.45. The molecule has 0 radical (unpaired) electrons. The van der Waals surface area contributed by atoms with Crippen molar-refractivity contribution in [3.8, 4) is 17.2 Å². The van der Waals surface area contributed by atoms with Crippen molar-refractivity contribution in [3.63, 3.8) is 0 Å². The number of aromatic nitrogens is 1. The van der Waals surface area contributed by atoms with Crippen LogP contribution in [-0.4, -0.2) is 17.6 Å². The Morgan fingerprint density at radius 2 is 1.96 bits per heavy atom. The van der Waals surface area contributed by atoms with Gasteiger partial charge in [0.2, 0.25) is 0 Å². The summed E-state index contributed by atoms with van der Waals surface area (Å²) in [5, 5.41) is 13.0. The molecule has 0 amide bonds. The fraction of sp³-hybridized carbons (Fsp3) is 0.227. The van der Waals surface area contributed by atoms with Crippen LogP contribution in [0, 0.1) is 11.3 Å². The number of nitrogens with zero attached hydrogens (tertiary/aromatic N) is 2. The first-order valence-electron chi connectivity index (χ1n) is 8.83. The molecule has 1 aromatic heterocycles. The van der Waals surface area contributed by atoms with Crippen LogP contribution < -0.4 is 5.32 Å². The first-order valence-corrected chi connectivity index (χ1v) is 8.83. The monoisotopic (exact) mass is 359 g/mol. The van der Waals surface area contributed by atoms with Gasteiger partial charge in [0, 0.05) is 23.8 Å². The number of nitriles is 1. The summed E-state index contributed by atoms with van der Waals surface area (Å²) in [5.74, 6) is -0.949. The zero-order valence-electron chi connectivity index (χ0n) is 15.6. The first kappa shape index (κ1) is 18.4. The molecule has 2 heterocycles. The molecule has 1 aliphatic rings. The van der Waals surface area contributed by atoms with Gasteiger partial charge < -0.3 is 10.1 Å². The molecule has 0 saturated heterocycles. The Hall–Kier alpha value is -3.39. The van der Waals surface area contributed by atoms with E-state index in [2.05, 4.69) is 16.4 Å².